The number of Topliss-reactive ketones (excluding diaryl/α,β-unsaturated/α-hetero) is 1. The standard InChI is InChI=1S/C20H24N4O2/c1-15(20(26)22-18-7-5-6-17(14-18)16(2)25)23-10-12-24(13-11-23)19-8-3-4-9-21-19/h3-9,14-15H,10-13H2,1-2H3,(H,22,26)/p+2/t15-/m1/s1. The van der Waals surface area contributed by atoms with Gasteiger partial charge in [0.25, 0.3) is 11.7 Å². The number of aromatic nitrogens is 1. The van der Waals surface area contributed by atoms with Crippen molar-refractivity contribution in [3.05, 3.63) is 54.2 Å². The van der Waals surface area contributed by atoms with Crippen LogP contribution in [-0.4, -0.2) is 43.9 Å². The van der Waals surface area contributed by atoms with E-state index < -0.39 is 0 Å². The number of hydrogen-bond donors (Lipinski definition) is 2. The van der Waals surface area contributed by atoms with Crippen LogP contribution in [0.4, 0.5) is 11.5 Å². The molecule has 1 fully saturated rings. The highest BCUT2D eigenvalue weighted by molar-refractivity contribution is 5.97. The number of nitrogens with one attached hydrogen (secondary N) is 3. The van der Waals surface area contributed by atoms with E-state index in [-0.39, 0.29) is 17.7 Å². The number of carbonyl (C=O) groups excluding carboxylic acids is 2. The molecule has 26 heavy (non-hydrogen) atoms. The average Bonchev–Trinajstić information content (AvgIpc) is 2.68. The van der Waals surface area contributed by atoms with E-state index in [0.29, 0.717) is 11.3 Å². The molecule has 1 atom stereocenters. The molecular weight excluding hydrogens is 328 g/mol. The number of pyridine rings is 1. The number of piperazine rings is 1. The lowest BCUT2D eigenvalue weighted by Crippen LogP contribution is -3.19. The molecule has 6 nitrogen and oxygen atoms in total. The monoisotopic (exact) mass is 354 g/mol. The maximum atomic E-state index is 12.6. The molecule has 1 aromatic heterocycles. The summed E-state index contributed by atoms with van der Waals surface area (Å²) in [5, 5.41) is 2.95. The molecule has 0 saturated carbocycles. The molecule has 1 aromatic carbocycles. The Kier molecular flexibility index (Phi) is 5.63. The van der Waals surface area contributed by atoms with Gasteiger partial charge >= 0.3 is 0 Å². The molecule has 136 valence electrons. The Balaban J connectivity index is 1.56. The molecule has 0 aliphatic carbocycles. The van der Waals surface area contributed by atoms with Crippen molar-refractivity contribution in [1.82, 2.24) is 0 Å². The van der Waals surface area contributed by atoms with Crippen molar-refractivity contribution in [1.29, 1.82) is 0 Å². The minimum absolute atomic E-state index is 0.00592. The van der Waals surface area contributed by atoms with Crippen LogP contribution >= 0.6 is 0 Å². The normalized spacial score (nSPS) is 16.2. The van der Waals surface area contributed by atoms with Crippen LogP contribution in [0, 0.1) is 0 Å². The maximum Gasteiger partial charge on any atom is 0.282 e. The topological polar surface area (TPSA) is 68.0 Å². The zero-order valence-electron chi connectivity index (χ0n) is 15.3. The van der Waals surface area contributed by atoms with Crippen LogP contribution in [0.3, 0.4) is 0 Å². The molecule has 1 aliphatic heterocycles. The third-order valence-electron chi connectivity index (χ3n) is 4.98. The van der Waals surface area contributed by atoms with Gasteiger partial charge in [-0.3, -0.25) is 14.5 Å². The number of carbonyl (C=O) groups is 2. The van der Waals surface area contributed by atoms with E-state index in [4.69, 9.17) is 0 Å². The van der Waals surface area contributed by atoms with Crippen molar-refractivity contribution in [2.24, 2.45) is 0 Å². The Labute approximate surface area is 153 Å². The van der Waals surface area contributed by atoms with Crippen LogP contribution in [0.15, 0.2) is 48.7 Å². The molecular formula is C20H26N4O2+2. The van der Waals surface area contributed by atoms with Crippen LogP contribution < -0.4 is 20.1 Å². The fourth-order valence-corrected chi connectivity index (χ4v) is 3.30. The zero-order chi connectivity index (χ0) is 18.5. The molecule has 0 radical (unpaired) electrons. The molecule has 0 bridgehead atoms. The van der Waals surface area contributed by atoms with Crippen LogP contribution in [0.1, 0.15) is 24.2 Å². The number of aromatic amines is 1. The Morgan fingerprint density at radius 2 is 1.92 bits per heavy atom. The number of benzene rings is 1. The second-order valence-corrected chi connectivity index (χ2v) is 6.74. The molecule has 1 saturated heterocycles. The van der Waals surface area contributed by atoms with E-state index >= 15 is 0 Å². The van der Waals surface area contributed by atoms with Crippen LogP contribution in [0.5, 0.6) is 0 Å². The summed E-state index contributed by atoms with van der Waals surface area (Å²) >= 11 is 0. The molecule has 6 heteroatoms. The predicted molar refractivity (Wildman–Crippen MR) is 100 cm³/mol. The molecule has 3 N–H and O–H groups in total. The van der Waals surface area contributed by atoms with E-state index in [9.17, 15) is 9.59 Å². The molecule has 2 heterocycles. The van der Waals surface area contributed by atoms with Crippen molar-refractivity contribution >= 4 is 23.2 Å². The van der Waals surface area contributed by atoms with Gasteiger partial charge < -0.3 is 10.2 Å². The van der Waals surface area contributed by atoms with Crippen molar-refractivity contribution < 1.29 is 19.5 Å². The molecule has 0 spiro atoms. The highest BCUT2D eigenvalue weighted by Crippen LogP contribution is 2.11. The van der Waals surface area contributed by atoms with Gasteiger partial charge in [-0.05, 0) is 32.0 Å². The van der Waals surface area contributed by atoms with Gasteiger partial charge in [-0.25, -0.2) is 4.98 Å². The SMILES string of the molecule is CC(=O)c1cccc(NC(=O)[C@@H](C)[NH+]2CCN(c3cccc[nH+]3)CC2)c1. The largest absolute Gasteiger partial charge is 0.321 e. The van der Waals surface area contributed by atoms with E-state index in [1.54, 1.807) is 18.2 Å². The van der Waals surface area contributed by atoms with E-state index in [0.717, 1.165) is 32.0 Å². The maximum absolute atomic E-state index is 12.6. The minimum atomic E-state index is -0.141. The fraction of sp³-hybridized carbons (Fsp3) is 0.350. The summed E-state index contributed by atoms with van der Waals surface area (Å²) in [5.41, 5.74) is 1.28. The summed E-state index contributed by atoms with van der Waals surface area (Å²) < 4.78 is 0. The number of hydrogen-bond acceptors (Lipinski definition) is 3. The molecule has 0 unspecified atom stereocenters. The average molecular weight is 354 g/mol. The van der Waals surface area contributed by atoms with E-state index in [1.807, 2.05) is 31.3 Å². The molecule has 2 aromatic rings. The summed E-state index contributed by atoms with van der Waals surface area (Å²) in [5.74, 6) is 1.10. The van der Waals surface area contributed by atoms with Gasteiger partial charge in [0, 0.05) is 17.3 Å². The number of amides is 1. The van der Waals surface area contributed by atoms with Crippen LogP contribution in [0.2, 0.25) is 0 Å². The van der Waals surface area contributed by atoms with E-state index in [2.05, 4.69) is 21.3 Å². The summed E-state index contributed by atoms with van der Waals surface area (Å²) in [6.07, 6.45) is 1.93. The first-order valence-corrected chi connectivity index (χ1v) is 9.02. The number of anilines is 2. The Morgan fingerprint density at radius 1 is 1.15 bits per heavy atom. The quantitative estimate of drug-likeness (QED) is 0.766. The smallest absolute Gasteiger partial charge is 0.282 e. The van der Waals surface area contributed by atoms with Crippen molar-refractivity contribution in [2.45, 2.75) is 19.9 Å². The summed E-state index contributed by atoms with van der Waals surface area (Å²) in [4.78, 5) is 30.9. The second kappa shape index (κ2) is 8.10. The summed E-state index contributed by atoms with van der Waals surface area (Å²) in [7, 11) is 0. The van der Waals surface area contributed by atoms with Gasteiger partial charge in [0.1, 0.15) is 26.2 Å². The lowest BCUT2D eigenvalue weighted by Gasteiger charge is -2.31. The van der Waals surface area contributed by atoms with Crippen LogP contribution in [-0.2, 0) is 4.79 Å². The lowest BCUT2D eigenvalue weighted by molar-refractivity contribution is -0.914. The van der Waals surface area contributed by atoms with Crippen molar-refractivity contribution in [3.8, 4) is 0 Å². The van der Waals surface area contributed by atoms with Gasteiger partial charge in [-0.1, -0.05) is 18.2 Å². The first kappa shape index (κ1) is 18.1. The van der Waals surface area contributed by atoms with Gasteiger partial charge in [0.2, 0.25) is 0 Å². The summed E-state index contributed by atoms with van der Waals surface area (Å²) in [6, 6.07) is 13.0. The van der Waals surface area contributed by atoms with Gasteiger partial charge in [-0.15, -0.1) is 0 Å². The third-order valence-corrected chi connectivity index (χ3v) is 4.98. The highest BCUT2D eigenvalue weighted by Gasteiger charge is 2.32. The molecule has 1 aliphatic rings. The predicted octanol–water partition coefficient (Wildman–Crippen LogP) is 0.435. The first-order valence-electron chi connectivity index (χ1n) is 9.02. The number of quaternary nitrogens is 1. The molecule has 3 rings (SSSR count). The van der Waals surface area contributed by atoms with Crippen molar-refractivity contribution in [3.63, 3.8) is 0 Å². The van der Waals surface area contributed by atoms with E-state index in [1.165, 1.54) is 11.8 Å². The van der Waals surface area contributed by atoms with Gasteiger partial charge in [-0.2, -0.15) is 0 Å². The minimum Gasteiger partial charge on any atom is -0.321 e. The van der Waals surface area contributed by atoms with Crippen molar-refractivity contribution in [2.75, 3.05) is 36.4 Å². The number of H-pyrrole nitrogens is 1. The second-order valence-electron chi connectivity index (χ2n) is 6.74. The van der Waals surface area contributed by atoms with Gasteiger partial charge in [0.15, 0.2) is 11.8 Å². The van der Waals surface area contributed by atoms with Gasteiger partial charge in [0.05, 0.1) is 6.20 Å². The highest BCUT2D eigenvalue weighted by atomic mass is 16.2. The fourth-order valence-electron chi connectivity index (χ4n) is 3.30. The Hall–Kier alpha value is -2.73. The molecule has 1 amide bonds. The number of rotatable bonds is 5. The summed E-state index contributed by atoms with van der Waals surface area (Å²) in [6.45, 7) is 7.12. The first-order chi connectivity index (χ1) is 12.5. The number of nitrogens with zero attached hydrogens (tertiary/aromatic N) is 1. The third kappa shape index (κ3) is 4.26. The Morgan fingerprint density at radius 3 is 2.58 bits per heavy atom. The Bertz CT molecular complexity index is 770. The van der Waals surface area contributed by atoms with Crippen LogP contribution in [0.25, 0.3) is 0 Å². The zero-order valence-corrected chi connectivity index (χ0v) is 15.3. The number of ketones is 1. The lowest BCUT2D eigenvalue weighted by atomic mass is 10.1.